The van der Waals surface area contributed by atoms with Crippen LogP contribution in [-0.2, 0) is 19.6 Å². The van der Waals surface area contributed by atoms with E-state index in [0.717, 1.165) is 0 Å². The standard InChI is InChI=1S/C12H15N3O4S/c1-15(12(17)10-6-7-11(16)14-10)8-2-4-9(5-3-8)20(13,18)19/h2-5,10H,6-7H2,1H3,(H,14,16)(H2,13,18,19). The highest BCUT2D eigenvalue weighted by Gasteiger charge is 2.29. The summed E-state index contributed by atoms with van der Waals surface area (Å²) in [6.07, 6.45) is 0.811. The molecule has 7 nitrogen and oxygen atoms in total. The van der Waals surface area contributed by atoms with E-state index in [0.29, 0.717) is 18.5 Å². The first-order chi connectivity index (χ1) is 9.29. The number of anilines is 1. The Morgan fingerprint density at radius 3 is 2.40 bits per heavy atom. The van der Waals surface area contributed by atoms with Gasteiger partial charge in [-0.3, -0.25) is 9.59 Å². The molecule has 0 aromatic heterocycles. The van der Waals surface area contributed by atoms with Gasteiger partial charge in [0.2, 0.25) is 21.8 Å². The molecule has 0 saturated carbocycles. The van der Waals surface area contributed by atoms with Crippen molar-refractivity contribution in [3.05, 3.63) is 24.3 Å². The number of benzene rings is 1. The van der Waals surface area contributed by atoms with Crippen molar-refractivity contribution in [3.8, 4) is 0 Å². The first-order valence-corrected chi connectivity index (χ1v) is 7.53. The van der Waals surface area contributed by atoms with Crippen molar-refractivity contribution < 1.29 is 18.0 Å². The zero-order valence-electron chi connectivity index (χ0n) is 10.9. The van der Waals surface area contributed by atoms with Crippen molar-refractivity contribution in [1.82, 2.24) is 5.32 Å². The average molecular weight is 297 g/mol. The van der Waals surface area contributed by atoms with Gasteiger partial charge in [-0.25, -0.2) is 13.6 Å². The molecule has 1 aromatic carbocycles. The van der Waals surface area contributed by atoms with Gasteiger partial charge in [0.1, 0.15) is 6.04 Å². The Balaban J connectivity index is 2.15. The van der Waals surface area contributed by atoms with Crippen molar-refractivity contribution >= 4 is 27.5 Å². The van der Waals surface area contributed by atoms with Gasteiger partial charge >= 0.3 is 0 Å². The Kier molecular flexibility index (Phi) is 3.78. The number of carbonyl (C=O) groups is 2. The summed E-state index contributed by atoms with van der Waals surface area (Å²) in [6, 6.07) is 5.14. The Morgan fingerprint density at radius 1 is 1.35 bits per heavy atom. The number of sulfonamides is 1. The molecule has 2 rings (SSSR count). The summed E-state index contributed by atoms with van der Waals surface area (Å²) in [5.41, 5.74) is 0.531. The summed E-state index contributed by atoms with van der Waals surface area (Å²) >= 11 is 0. The van der Waals surface area contributed by atoms with Gasteiger partial charge in [0.15, 0.2) is 0 Å². The van der Waals surface area contributed by atoms with Crippen LogP contribution in [0.2, 0.25) is 0 Å². The molecule has 1 fully saturated rings. The third-order valence-electron chi connectivity index (χ3n) is 3.18. The fourth-order valence-electron chi connectivity index (χ4n) is 2.02. The second kappa shape index (κ2) is 5.22. The second-order valence-electron chi connectivity index (χ2n) is 4.59. The van der Waals surface area contributed by atoms with Crippen LogP contribution in [0.15, 0.2) is 29.2 Å². The van der Waals surface area contributed by atoms with Gasteiger partial charge in [0, 0.05) is 19.2 Å². The topological polar surface area (TPSA) is 110 Å². The quantitative estimate of drug-likeness (QED) is 0.789. The van der Waals surface area contributed by atoms with E-state index in [4.69, 9.17) is 5.14 Å². The summed E-state index contributed by atoms with van der Waals surface area (Å²) in [5, 5.41) is 7.60. The molecule has 0 aliphatic carbocycles. The van der Waals surface area contributed by atoms with Crippen LogP contribution in [0.5, 0.6) is 0 Å². The Morgan fingerprint density at radius 2 is 1.95 bits per heavy atom. The van der Waals surface area contributed by atoms with E-state index >= 15 is 0 Å². The second-order valence-corrected chi connectivity index (χ2v) is 6.16. The van der Waals surface area contributed by atoms with Gasteiger partial charge in [0.05, 0.1) is 4.90 Å². The summed E-state index contributed by atoms with van der Waals surface area (Å²) in [5.74, 6) is -0.375. The summed E-state index contributed by atoms with van der Waals surface area (Å²) in [4.78, 5) is 24.6. The monoisotopic (exact) mass is 297 g/mol. The van der Waals surface area contributed by atoms with Gasteiger partial charge in [-0.15, -0.1) is 0 Å². The van der Waals surface area contributed by atoms with Crippen molar-refractivity contribution in [3.63, 3.8) is 0 Å². The molecule has 0 radical (unpaired) electrons. The van der Waals surface area contributed by atoms with Gasteiger partial charge in [-0.1, -0.05) is 0 Å². The predicted octanol–water partition coefficient (Wildman–Crippen LogP) is -0.425. The molecule has 0 spiro atoms. The average Bonchev–Trinajstić information content (AvgIpc) is 2.83. The molecule has 108 valence electrons. The van der Waals surface area contributed by atoms with Gasteiger partial charge < -0.3 is 10.2 Å². The molecule has 1 unspecified atom stereocenters. The van der Waals surface area contributed by atoms with E-state index in [1.54, 1.807) is 7.05 Å². The lowest BCUT2D eigenvalue weighted by atomic mass is 10.2. The number of likely N-dealkylation sites (N-methyl/N-ethyl adjacent to an activating group) is 1. The molecule has 1 atom stereocenters. The minimum Gasteiger partial charge on any atom is -0.344 e. The van der Waals surface area contributed by atoms with E-state index in [1.165, 1.54) is 29.2 Å². The number of hydrogen-bond acceptors (Lipinski definition) is 4. The molecule has 1 heterocycles. The summed E-state index contributed by atoms with van der Waals surface area (Å²) in [6.45, 7) is 0. The number of amides is 2. The zero-order chi connectivity index (χ0) is 14.9. The number of nitrogens with zero attached hydrogens (tertiary/aromatic N) is 1. The Bertz CT molecular complexity index is 639. The molecular weight excluding hydrogens is 282 g/mol. The van der Waals surface area contributed by atoms with Crippen LogP contribution in [-0.4, -0.2) is 33.3 Å². The SMILES string of the molecule is CN(C(=O)C1CCC(=O)N1)c1ccc(S(N)(=O)=O)cc1. The first kappa shape index (κ1) is 14.5. The molecule has 1 aliphatic rings. The molecule has 1 aromatic rings. The highest BCUT2D eigenvalue weighted by Crippen LogP contribution is 2.18. The van der Waals surface area contributed by atoms with Crippen LogP contribution in [0.25, 0.3) is 0 Å². The number of nitrogens with two attached hydrogens (primary N) is 1. The lowest BCUT2D eigenvalue weighted by Gasteiger charge is -2.21. The largest absolute Gasteiger partial charge is 0.344 e. The lowest BCUT2D eigenvalue weighted by molar-refractivity contribution is -0.123. The third-order valence-corrected chi connectivity index (χ3v) is 4.11. The van der Waals surface area contributed by atoms with Gasteiger partial charge in [0.25, 0.3) is 0 Å². The highest BCUT2D eigenvalue weighted by atomic mass is 32.2. The molecule has 20 heavy (non-hydrogen) atoms. The zero-order valence-corrected chi connectivity index (χ0v) is 11.7. The number of primary sulfonamides is 1. The van der Waals surface area contributed by atoms with Crippen LogP contribution >= 0.6 is 0 Å². The number of carbonyl (C=O) groups excluding carboxylic acids is 2. The minimum absolute atomic E-state index is 0.0173. The Hall–Kier alpha value is -1.93. The fraction of sp³-hybridized carbons (Fsp3) is 0.333. The van der Waals surface area contributed by atoms with E-state index in [2.05, 4.69) is 5.32 Å². The van der Waals surface area contributed by atoms with Crippen LogP contribution in [0.3, 0.4) is 0 Å². The maximum atomic E-state index is 12.1. The van der Waals surface area contributed by atoms with Crippen LogP contribution in [0, 0.1) is 0 Å². The third kappa shape index (κ3) is 2.97. The first-order valence-electron chi connectivity index (χ1n) is 5.99. The van der Waals surface area contributed by atoms with Crippen molar-refractivity contribution in [2.75, 3.05) is 11.9 Å². The van der Waals surface area contributed by atoms with Crippen molar-refractivity contribution in [1.29, 1.82) is 0 Å². The number of rotatable bonds is 3. The number of hydrogen-bond donors (Lipinski definition) is 2. The van der Waals surface area contributed by atoms with E-state index in [1.807, 2.05) is 0 Å². The maximum absolute atomic E-state index is 12.1. The van der Waals surface area contributed by atoms with Gasteiger partial charge in [-0.05, 0) is 30.7 Å². The molecule has 8 heteroatoms. The van der Waals surface area contributed by atoms with Crippen LogP contribution < -0.4 is 15.4 Å². The van der Waals surface area contributed by atoms with Gasteiger partial charge in [-0.2, -0.15) is 0 Å². The van der Waals surface area contributed by atoms with E-state index < -0.39 is 16.1 Å². The smallest absolute Gasteiger partial charge is 0.249 e. The highest BCUT2D eigenvalue weighted by molar-refractivity contribution is 7.89. The summed E-state index contributed by atoms with van der Waals surface area (Å²) in [7, 11) is -2.18. The number of nitrogens with one attached hydrogen (secondary N) is 1. The maximum Gasteiger partial charge on any atom is 0.249 e. The fourth-order valence-corrected chi connectivity index (χ4v) is 2.54. The molecule has 3 N–H and O–H groups in total. The van der Waals surface area contributed by atoms with Crippen LogP contribution in [0.4, 0.5) is 5.69 Å². The van der Waals surface area contributed by atoms with Crippen molar-refractivity contribution in [2.24, 2.45) is 5.14 Å². The van der Waals surface area contributed by atoms with E-state index in [9.17, 15) is 18.0 Å². The molecule has 0 bridgehead atoms. The molecular formula is C12H15N3O4S. The lowest BCUT2D eigenvalue weighted by Crippen LogP contribution is -2.42. The van der Waals surface area contributed by atoms with E-state index in [-0.39, 0.29) is 16.7 Å². The Labute approximate surface area is 116 Å². The molecule has 1 saturated heterocycles. The normalized spacial score (nSPS) is 18.7. The van der Waals surface area contributed by atoms with Crippen molar-refractivity contribution in [2.45, 2.75) is 23.8 Å². The molecule has 1 aliphatic heterocycles. The van der Waals surface area contributed by atoms with Crippen LogP contribution in [0.1, 0.15) is 12.8 Å². The summed E-state index contributed by atoms with van der Waals surface area (Å²) < 4.78 is 22.3. The minimum atomic E-state index is -3.75. The molecule has 2 amide bonds. The predicted molar refractivity (Wildman–Crippen MR) is 72.4 cm³/mol.